The van der Waals surface area contributed by atoms with Crippen molar-refractivity contribution in [2.45, 2.75) is 78.7 Å². The Morgan fingerprint density at radius 1 is 1.13 bits per heavy atom. The number of hydrogen-bond acceptors (Lipinski definition) is 7. The predicted molar refractivity (Wildman–Crippen MR) is 156 cm³/mol. The molecule has 39 heavy (non-hydrogen) atoms. The van der Waals surface area contributed by atoms with Crippen LogP contribution in [0.5, 0.6) is 0 Å². The van der Waals surface area contributed by atoms with Crippen molar-refractivity contribution >= 4 is 23.4 Å². The maximum absolute atomic E-state index is 12.6. The summed E-state index contributed by atoms with van der Waals surface area (Å²) in [5.41, 5.74) is 10.1. The van der Waals surface area contributed by atoms with Gasteiger partial charge in [-0.25, -0.2) is 19.7 Å². The summed E-state index contributed by atoms with van der Waals surface area (Å²) in [5, 5.41) is 0. The largest absolute Gasteiger partial charge is 0.444 e. The summed E-state index contributed by atoms with van der Waals surface area (Å²) in [6.07, 6.45) is 3.84. The van der Waals surface area contributed by atoms with Crippen LogP contribution in [0.15, 0.2) is 23.7 Å². The molecule has 0 saturated carbocycles. The molecular formula is C31H39N5O2S. The van der Waals surface area contributed by atoms with E-state index in [0.717, 1.165) is 69.2 Å². The summed E-state index contributed by atoms with van der Waals surface area (Å²) in [6.45, 7) is 15.5. The van der Waals surface area contributed by atoms with E-state index in [0.29, 0.717) is 5.92 Å². The van der Waals surface area contributed by atoms with Crippen molar-refractivity contribution in [3.63, 3.8) is 0 Å². The molecule has 2 aliphatic heterocycles. The number of ether oxygens (including phenoxy) is 1. The second-order valence-corrected chi connectivity index (χ2v) is 13.7. The number of carbonyl (C=O) groups excluding carboxylic acids is 1. The molecule has 1 spiro atoms. The van der Waals surface area contributed by atoms with Gasteiger partial charge >= 0.3 is 6.09 Å². The third kappa shape index (κ3) is 4.92. The molecule has 1 amide bonds. The first-order valence-corrected chi connectivity index (χ1v) is 15.0. The monoisotopic (exact) mass is 545 g/mol. The first kappa shape index (κ1) is 26.2. The average Bonchev–Trinajstić information content (AvgIpc) is 3.50. The van der Waals surface area contributed by atoms with Crippen LogP contribution < -0.4 is 4.90 Å². The molecule has 0 radical (unpaired) electrons. The topological polar surface area (TPSA) is 71.5 Å². The number of aryl methyl sites for hydroxylation is 2. The van der Waals surface area contributed by atoms with Crippen LogP contribution in [0.3, 0.4) is 0 Å². The summed E-state index contributed by atoms with van der Waals surface area (Å²) in [4.78, 5) is 33.2. The molecule has 1 aliphatic carbocycles. The van der Waals surface area contributed by atoms with E-state index in [1.54, 1.807) is 11.3 Å². The number of likely N-dealkylation sites (tertiary alicyclic amines) is 1. The molecule has 3 aliphatic rings. The van der Waals surface area contributed by atoms with E-state index in [2.05, 4.69) is 48.9 Å². The number of rotatable bonds is 3. The van der Waals surface area contributed by atoms with Crippen molar-refractivity contribution in [2.24, 2.45) is 5.41 Å². The molecule has 206 valence electrons. The minimum Gasteiger partial charge on any atom is -0.444 e. The maximum atomic E-state index is 12.6. The highest BCUT2D eigenvalue weighted by Gasteiger charge is 2.51. The molecule has 6 rings (SSSR count). The number of fused-ring (bicyclic) bond motifs is 1. The average molecular weight is 546 g/mol. The second-order valence-electron chi connectivity index (χ2n) is 12.8. The molecule has 2 aromatic heterocycles. The Morgan fingerprint density at radius 2 is 1.92 bits per heavy atom. The van der Waals surface area contributed by atoms with E-state index in [9.17, 15) is 4.79 Å². The van der Waals surface area contributed by atoms with Crippen molar-refractivity contribution in [3.8, 4) is 11.3 Å². The number of anilines is 1. The van der Waals surface area contributed by atoms with Gasteiger partial charge in [0.15, 0.2) is 0 Å². The highest BCUT2D eigenvalue weighted by Crippen LogP contribution is 2.43. The molecule has 0 bridgehead atoms. The van der Waals surface area contributed by atoms with Gasteiger partial charge in [0.25, 0.3) is 0 Å². The lowest BCUT2D eigenvalue weighted by atomic mass is 9.79. The van der Waals surface area contributed by atoms with E-state index >= 15 is 0 Å². The van der Waals surface area contributed by atoms with Gasteiger partial charge in [0.1, 0.15) is 5.60 Å². The van der Waals surface area contributed by atoms with Crippen molar-refractivity contribution in [2.75, 3.05) is 31.1 Å². The van der Waals surface area contributed by atoms with Crippen LogP contribution >= 0.6 is 11.3 Å². The summed E-state index contributed by atoms with van der Waals surface area (Å²) >= 11 is 1.77. The van der Waals surface area contributed by atoms with E-state index < -0.39 is 5.60 Å². The maximum Gasteiger partial charge on any atom is 0.410 e. The van der Waals surface area contributed by atoms with Crippen LogP contribution in [0.4, 0.5) is 10.7 Å². The van der Waals surface area contributed by atoms with Crippen LogP contribution in [0.25, 0.3) is 11.3 Å². The zero-order chi connectivity index (χ0) is 27.5. The van der Waals surface area contributed by atoms with Gasteiger partial charge < -0.3 is 14.5 Å². The normalized spacial score (nSPS) is 20.2. The third-order valence-electron chi connectivity index (χ3n) is 8.70. The fourth-order valence-electron chi connectivity index (χ4n) is 6.48. The zero-order valence-corrected chi connectivity index (χ0v) is 24.8. The molecule has 2 fully saturated rings. The minimum absolute atomic E-state index is 0.0951. The van der Waals surface area contributed by atoms with Gasteiger partial charge in [-0.2, -0.15) is 0 Å². The number of nitrogens with zero attached hydrogens (tertiary/aromatic N) is 5. The molecule has 7 nitrogen and oxygen atoms in total. The predicted octanol–water partition coefficient (Wildman–Crippen LogP) is 6.25. The van der Waals surface area contributed by atoms with Crippen molar-refractivity contribution in [3.05, 3.63) is 56.7 Å². The number of benzene rings is 1. The SMILES string of the molecule is Cc1cccc(-c2nc(N3CCC4(CN(C(=O)OC(C)(C)C)C4)C3)nc3c2CC[C@@H](c2scnc2C)C3)c1C. The number of thiazole rings is 1. The molecule has 2 saturated heterocycles. The Kier molecular flexibility index (Phi) is 6.44. The summed E-state index contributed by atoms with van der Waals surface area (Å²) < 4.78 is 5.60. The first-order chi connectivity index (χ1) is 18.5. The fourth-order valence-corrected chi connectivity index (χ4v) is 7.43. The van der Waals surface area contributed by atoms with E-state index in [-0.39, 0.29) is 11.5 Å². The lowest BCUT2D eigenvalue weighted by Crippen LogP contribution is -2.60. The molecule has 1 atom stereocenters. The Hall–Kier alpha value is -3.00. The third-order valence-corrected chi connectivity index (χ3v) is 9.80. The van der Waals surface area contributed by atoms with Gasteiger partial charge in [0, 0.05) is 53.5 Å². The summed E-state index contributed by atoms with van der Waals surface area (Å²) in [6, 6.07) is 6.53. The van der Waals surface area contributed by atoms with Crippen LogP contribution in [-0.4, -0.2) is 57.7 Å². The fraction of sp³-hybridized carbons (Fsp3) is 0.548. The lowest BCUT2D eigenvalue weighted by molar-refractivity contribution is -0.0266. The molecule has 8 heteroatoms. The zero-order valence-electron chi connectivity index (χ0n) is 24.0. The van der Waals surface area contributed by atoms with E-state index in [4.69, 9.17) is 14.7 Å². The summed E-state index contributed by atoms with van der Waals surface area (Å²) in [7, 11) is 0. The molecular weight excluding hydrogens is 506 g/mol. The van der Waals surface area contributed by atoms with E-state index in [1.807, 2.05) is 31.2 Å². The highest BCUT2D eigenvalue weighted by molar-refractivity contribution is 7.09. The quantitative estimate of drug-likeness (QED) is 0.388. The van der Waals surface area contributed by atoms with Gasteiger partial charge in [-0.3, -0.25) is 0 Å². The minimum atomic E-state index is -0.474. The Bertz CT molecular complexity index is 1420. The lowest BCUT2D eigenvalue weighted by Gasteiger charge is -2.47. The molecule has 0 unspecified atom stereocenters. The molecule has 0 N–H and O–H groups in total. The number of hydrogen-bond donors (Lipinski definition) is 0. The number of amides is 1. The van der Waals surface area contributed by atoms with Crippen molar-refractivity contribution < 1.29 is 9.53 Å². The molecule has 3 aromatic rings. The first-order valence-electron chi connectivity index (χ1n) is 14.1. The Balaban J connectivity index is 1.30. The van der Waals surface area contributed by atoms with Gasteiger partial charge in [-0.15, -0.1) is 11.3 Å². The van der Waals surface area contributed by atoms with Crippen molar-refractivity contribution in [1.82, 2.24) is 19.9 Å². The standard InChI is InChI=1S/C31H39N5O2S/c1-19-8-7-9-23(20(19)2)26-24-11-10-22(27-21(3)32-18-39-27)14-25(24)33-28(34-26)35-13-12-31(15-35)16-36(17-31)29(37)38-30(4,5)6/h7-9,18,22H,10-17H2,1-6H3/t22-/m1/s1. The summed E-state index contributed by atoms with van der Waals surface area (Å²) in [5.74, 6) is 1.29. The Labute approximate surface area is 235 Å². The molecule has 1 aromatic carbocycles. The van der Waals surface area contributed by atoms with Gasteiger partial charge in [-0.05, 0) is 78.4 Å². The van der Waals surface area contributed by atoms with Gasteiger partial charge in [-0.1, -0.05) is 18.2 Å². The van der Waals surface area contributed by atoms with Crippen LogP contribution in [-0.2, 0) is 17.6 Å². The highest BCUT2D eigenvalue weighted by atomic mass is 32.1. The second kappa shape index (κ2) is 9.58. The Morgan fingerprint density at radius 3 is 2.64 bits per heavy atom. The van der Waals surface area contributed by atoms with Crippen LogP contribution in [0.2, 0.25) is 0 Å². The van der Waals surface area contributed by atoms with Crippen molar-refractivity contribution in [1.29, 1.82) is 0 Å². The van der Waals surface area contributed by atoms with Gasteiger partial charge in [0.2, 0.25) is 5.95 Å². The smallest absolute Gasteiger partial charge is 0.410 e. The number of carbonyl (C=O) groups is 1. The van der Waals surface area contributed by atoms with E-state index in [1.165, 1.54) is 32.8 Å². The van der Waals surface area contributed by atoms with Gasteiger partial charge in [0.05, 0.1) is 22.6 Å². The number of aromatic nitrogens is 3. The molecule has 4 heterocycles. The van der Waals surface area contributed by atoms with Crippen LogP contribution in [0.1, 0.15) is 72.5 Å². The van der Waals surface area contributed by atoms with Crippen LogP contribution in [0, 0.1) is 26.2 Å².